The number of carbonyl (C=O) groups excluding carboxylic acids is 1. The SMILES string of the molecule is Nc1ncc(CN2CCN(CC(=O)Nc3ccc(Cl)cc3Br)CC2)s1. The number of aromatic nitrogens is 1. The summed E-state index contributed by atoms with van der Waals surface area (Å²) in [6, 6.07) is 5.32. The maximum atomic E-state index is 12.3. The van der Waals surface area contributed by atoms with E-state index in [1.165, 1.54) is 16.2 Å². The Kier molecular flexibility index (Phi) is 6.29. The number of benzene rings is 1. The van der Waals surface area contributed by atoms with Crippen molar-refractivity contribution in [1.29, 1.82) is 0 Å². The number of anilines is 2. The van der Waals surface area contributed by atoms with Gasteiger partial charge in [0.2, 0.25) is 5.91 Å². The van der Waals surface area contributed by atoms with Crippen molar-refractivity contribution < 1.29 is 4.79 Å². The van der Waals surface area contributed by atoms with Gasteiger partial charge in [0.15, 0.2) is 5.13 Å². The summed E-state index contributed by atoms with van der Waals surface area (Å²) in [5.41, 5.74) is 6.40. The molecule has 1 amide bonds. The van der Waals surface area contributed by atoms with Gasteiger partial charge in [0.1, 0.15) is 0 Å². The summed E-state index contributed by atoms with van der Waals surface area (Å²) < 4.78 is 0.780. The van der Waals surface area contributed by atoms with Crippen molar-refractivity contribution in [3.63, 3.8) is 0 Å². The third kappa shape index (κ3) is 5.39. The molecule has 2 aromatic rings. The number of rotatable bonds is 5. The molecule has 6 nitrogen and oxygen atoms in total. The lowest BCUT2D eigenvalue weighted by atomic mass is 10.3. The molecular weight excluding hydrogens is 426 g/mol. The fourth-order valence-corrected chi connectivity index (χ4v) is 4.21. The van der Waals surface area contributed by atoms with Crippen molar-refractivity contribution in [1.82, 2.24) is 14.8 Å². The highest BCUT2D eigenvalue weighted by Gasteiger charge is 2.20. The molecule has 1 aliphatic rings. The minimum absolute atomic E-state index is 0.0216. The highest BCUT2D eigenvalue weighted by Crippen LogP contribution is 2.25. The van der Waals surface area contributed by atoms with Crippen LogP contribution in [0.5, 0.6) is 0 Å². The van der Waals surface area contributed by atoms with Gasteiger partial charge in [-0.1, -0.05) is 11.6 Å². The van der Waals surface area contributed by atoms with Gasteiger partial charge >= 0.3 is 0 Å². The van der Waals surface area contributed by atoms with Crippen molar-refractivity contribution in [2.24, 2.45) is 0 Å². The lowest BCUT2D eigenvalue weighted by Gasteiger charge is -2.33. The standard InChI is InChI=1S/C16H19BrClN5OS/c17-13-7-11(18)1-2-14(13)21-15(24)10-23-5-3-22(4-6-23)9-12-8-20-16(19)25-12/h1-2,7-8H,3-6,9-10H2,(H2,19,20)(H,21,24). The molecule has 0 spiro atoms. The lowest BCUT2D eigenvalue weighted by molar-refractivity contribution is -0.117. The summed E-state index contributed by atoms with van der Waals surface area (Å²) in [7, 11) is 0. The first kappa shape index (κ1) is 18.6. The number of thiazole rings is 1. The molecule has 0 saturated carbocycles. The number of amides is 1. The highest BCUT2D eigenvalue weighted by atomic mass is 79.9. The Morgan fingerprint density at radius 3 is 2.68 bits per heavy atom. The summed E-state index contributed by atoms with van der Waals surface area (Å²) in [5, 5.41) is 4.16. The van der Waals surface area contributed by atoms with Crippen LogP contribution in [0, 0.1) is 0 Å². The molecule has 1 aromatic carbocycles. The first-order chi connectivity index (χ1) is 12.0. The Morgan fingerprint density at radius 2 is 2.04 bits per heavy atom. The average molecular weight is 445 g/mol. The molecule has 2 heterocycles. The number of hydrogen-bond acceptors (Lipinski definition) is 6. The van der Waals surface area contributed by atoms with Gasteiger partial charge < -0.3 is 11.1 Å². The molecule has 0 unspecified atom stereocenters. The lowest BCUT2D eigenvalue weighted by Crippen LogP contribution is -2.48. The van der Waals surface area contributed by atoms with Crippen LogP contribution in [0.1, 0.15) is 4.88 Å². The van der Waals surface area contributed by atoms with E-state index in [9.17, 15) is 4.79 Å². The van der Waals surface area contributed by atoms with Crippen LogP contribution in [-0.4, -0.2) is 53.4 Å². The first-order valence-corrected chi connectivity index (χ1v) is 9.88. The largest absolute Gasteiger partial charge is 0.375 e. The summed E-state index contributed by atoms with van der Waals surface area (Å²) in [6.45, 7) is 4.83. The Hall–Kier alpha value is -1.19. The fraction of sp³-hybridized carbons (Fsp3) is 0.375. The van der Waals surface area contributed by atoms with E-state index in [0.717, 1.165) is 42.9 Å². The number of halogens is 2. The Balaban J connectivity index is 1.44. The number of carbonyl (C=O) groups is 1. The zero-order chi connectivity index (χ0) is 17.8. The van der Waals surface area contributed by atoms with E-state index in [1.807, 2.05) is 6.20 Å². The topological polar surface area (TPSA) is 74.5 Å². The van der Waals surface area contributed by atoms with Crippen molar-refractivity contribution in [2.75, 3.05) is 43.8 Å². The average Bonchev–Trinajstić information content (AvgIpc) is 2.97. The number of nitrogens with two attached hydrogens (primary N) is 1. The molecular formula is C16H19BrClN5OS. The third-order valence-corrected chi connectivity index (χ3v) is 5.69. The Labute approximate surface area is 164 Å². The van der Waals surface area contributed by atoms with Gasteiger partial charge in [0.25, 0.3) is 0 Å². The molecule has 9 heteroatoms. The van der Waals surface area contributed by atoms with E-state index < -0.39 is 0 Å². The van der Waals surface area contributed by atoms with Crippen LogP contribution in [0.2, 0.25) is 5.02 Å². The number of nitrogen functional groups attached to an aromatic ring is 1. The smallest absolute Gasteiger partial charge is 0.238 e. The van der Waals surface area contributed by atoms with Crippen LogP contribution in [0.15, 0.2) is 28.9 Å². The molecule has 0 atom stereocenters. The fourth-order valence-electron chi connectivity index (χ4n) is 2.71. The first-order valence-electron chi connectivity index (χ1n) is 7.89. The maximum Gasteiger partial charge on any atom is 0.238 e. The molecule has 1 saturated heterocycles. The molecule has 0 radical (unpaired) electrons. The molecule has 3 rings (SSSR count). The Morgan fingerprint density at radius 1 is 1.32 bits per heavy atom. The minimum atomic E-state index is -0.0216. The summed E-state index contributed by atoms with van der Waals surface area (Å²) in [6.07, 6.45) is 1.84. The van der Waals surface area contributed by atoms with Crippen LogP contribution in [0.4, 0.5) is 10.8 Å². The van der Waals surface area contributed by atoms with Crippen LogP contribution < -0.4 is 11.1 Å². The second-order valence-corrected chi connectivity index (χ2v) is 8.33. The van der Waals surface area contributed by atoms with Gasteiger partial charge in [0, 0.05) is 53.3 Å². The van der Waals surface area contributed by atoms with Crippen molar-refractivity contribution >= 4 is 55.6 Å². The van der Waals surface area contributed by atoms with Gasteiger partial charge in [-0.05, 0) is 34.1 Å². The molecule has 0 bridgehead atoms. The number of nitrogens with zero attached hydrogens (tertiary/aromatic N) is 3. The summed E-state index contributed by atoms with van der Waals surface area (Å²) in [5.74, 6) is -0.0216. The van der Waals surface area contributed by atoms with Crippen molar-refractivity contribution in [3.05, 3.63) is 38.8 Å². The third-order valence-electron chi connectivity index (χ3n) is 3.99. The van der Waals surface area contributed by atoms with E-state index in [2.05, 4.69) is 36.0 Å². The van der Waals surface area contributed by atoms with E-state index >= 15 is 0 Å². The highest BCUT2D eigenvalue weighted by molar-refractivity contribution is 9.10. The molecule has 1 aromatic heterocycles. The summed E-state index contributed by atoms with van der Waals surface area (Å²) in [4.78, 5) is 22.0. The maximum absolute atomic E-state index is 12.3. The normalized spacial score (nSPS) is 16.1. The van der Waals surface area contributed by atoms with Crippen LogP contribution >= 0.6 is 38.9 Å². The van der Waals surface area contributed by atoms with E-state index in [0.29, 0.717) is 16.7 Å². The molecule has 3 N–H and O–H groups in total. The van der Waals surface area contributed by atoms with E-state index in [1.54, 1.807) is 18.2 Å². The van der Waals surface area contributed by atoms with Crippen molar-refractivity contribution in [2.45, 2.75) is 6.54 Å². The van der Waals surface area contributed by atoms with E-state index in [-0.39, 0.29) is 5.91 Å². The quantitative estimate of drug-likeness (QED) is 0.742. The molecule has 0 aliphatic carbocycles. The summed E-state index contributed by atoms with van der Waals surface area (Å²) >= 11 is 10.9. The molecule has 1 fully saturated rings. The molecule has 1 aliphatic heterocycles. The number of nitrogens with one attached hydrogen (secondary N) is 1. The zero-order valence-corrected chi connectivity index (χ0v) is 16.7. The number of hydrogen-bond donors (Lipinski definition) is 2. The predicted molar refractivity (Wildman–Crippen MR) is 106 cm³/mol. The second-order valence-electron chi connectivity index (χ2n) is 5.89. The van der Waals surface area contributed by atoms with Crippen LogP contribution in [0.3, 0.4) is 0 Å². The van der Waals surface area contributed by atoms with Crippen LogP contribution in [0.25, 0.3) is 0 Å². The molecule has 134 valence electrons. The van der Waals surface area contributed by atoms with E-state index in [4.69, 9.17) is 17.3 Å². The number of piperazine rings is 1. The van der Waals surface area contributed by atoms with Gasteiger partial charge in [-0.3, -0.25) is 14.6 Å². The molecule has 25 heavy (non-hydrogen) atoms. The van der Waals surface area contributed by atoms with Gasteiger partial charge in [-0.15, -0.1) is 11.3 Å². The van der Waals surface area contributed by atoms with Gasteiger partial charge in [-0.25, -0.2) is 4.98 Å². The van der Waals surface area contributed by atoms with Gasteiger partial charge in [-0.2, -0.15) is 0 Å². The zero-order valence-electron chi connectivity index (χ0n) is 13.5. The van der Waals surface area contributed by atoms with Gasteiger partial charge in [0.05, 0.1) is 12.2 Å². The van der Waals surface area contributed by atoms with Crippen molar-refractivity contribution in [3.8, 4) is 0 Å². The Bertz CT molecular complexity index is 748. The monoisotopic (exact) mass is 443 g/mol. The minimum Gasteiger partial charge on any atom is -0.375 e. The van der Waals surface area contributed by atoms with Crippen LogP contribution in [-0.2, 0) is 11.3 Å². The second kappa shape index (κ2) is 8.46. The predicted octanol–water partition coefficient (Wildman–Crippen LogP) is 2.90.